The van der Waals surface area contributed by atoms with Crippen LogP contribution >= 0.6 is 12.2 Å². The minimum absolute atomic E-state index is 0.0253. The van der Waals surface area contributed by atoms with Crippen LogP contribution in [0.1, 0.15) is 26.2 Å². The monoisotopic (exact) mass is 443 g/mol. The smallest absolute Gasteiger partial charge is 0.306 e. The lowest BCUT2D eigenvalue weighted by Crippen LogP contribution is -2.40. The highest BCUT2D eigenvalue weighted by molar-refractivity contribution is 7.89. The fourth-order valence-corrected chi connectivity index (χ4v) is 4.14. The molecule has 0 aromatic heterocycles. The Bertz CT molecular complexity index is 821. The molecule has 1 heterocycles. The third-order valence-electron chi connectivity index (χ3n) is 4.00. The van der Waals surface area contributed by atoms with Gasteiger partial charge in [-0.25, -0.2) is 8.42 Å². The molecule has 0 bridgehead atoms. The van der Waals surface area contributed by atoms with Crippen molar-refractivity contribution in [3.63, 3.8) is 0 Å². The van der Waals surface area contributed by atoms with Crippen molar-refractivity contribution in [3.8, 4) is 0 Å². The number of carbonyl (C=O) groups is 2. The summed E-state index contributed by atoms with van der Waals surface area (Å²) >= 11 is 5.07. The number of anilines is 1. The molecular formula is C18H25N3O6S2. The molecule has 0 spiro atoms. The van der Waals surface area contributed by atoms with Gasteiger partial charge in [-0.05, 0) is 42.9 Å². The Labute approximate surface area is 175 Å². The quantitative estimate of drug-likeness (QED) is 0.456. The molecule has 2 N–H and O–H groups in total. The molecule has 160 valence electrons. The van der Waals surface area contributed by atoms with E-state index in [2.05, 4.69) is 10.6 Å². The minimum Gasteiger partial charge on any atom is -0.466 e. The molecule has 1 aliphatic heterocycles. The van der Waals surface area contributed by atoms with E-state index in [1.54, 1.807) is 12.1 Å². The highest BCUT2D eigenvalue weighted by Gasteiger charge is 2.26. The van der Waals surface area contributed by atoms with E-state index >= 15 is 0 Å². The van der Waals surface area contributed by atoms with Gasteiger partial charge in [0.05, 0.1) is 31.1 Å². The van der Waals surface area contributed by atoms with Crippen LogP contribution in [0.5, 0.6) is 0 Å². The second kappa shape index (κ2) is 11.2. The molecular weight excluding hydrogens is 418 g/mol. The lowest BCUT2D eigenvalue weighted by molar-refractivity contribution is -0.144. The van der Waals surface area contributed by atoms with E-state index in [0.29, 0.717) is 38.6 Å². The van der Waals surface area contributed by atoms with Crippen LogP contribution < -0.4 is 10.6 Å². The molecule has 0 radical (unpaired) electrons. The Balaban J connectivity index is 1.83. The summed E-state index contributed by atoms with van der Waals surface area (Å²) in [6, 6.07) is 6.07. The largest absolute Gasteiger partial charge is 0.466 e. The molecule has 2 rings (SSSR count). The summed E-state index contributed by atoms with van der Waals surface area (Å²) in [4.78, 5) is 23.4. The number of sulfonamides is 1. The van der Waals surface area contributed by atoms with Gasteiger partial charge in [-0.2, -0.15) is 4.31 Å². The summed E-state index contributed by atoms with van der Waals surface area (Å²) < 4.78 is 36.6. The van der Waals surface area contributed by atoms with Crippen LogP contribution in [-0.4, -0.2) is 62.6 Å². The fourth-order valence-electron chi connectivity index (χ4n) is 2.50. The third-order valence-corrected chi connectivity index (χ3v) is 6.11. The number of ether oxygens (including phenoxy) is 2. The molecule has 1 fully saturated rings. The van der Waals surface area contributed by atoms with Crippen molar-refractivity contribution in [1.29, 1.82) is 0 Å². The fraction of sp³-hybridized carbons (Fsp3) is 0.500. The number of nitrogens with zero attached hydrogens (tertiary/aromatic N) is 1. The predicted molar refractivity (Wildman–Crippen MR) is 111 cm³/mol. The summed E-state index contributed by atoms with van der Waals surface area (Å²) in [5.74, 6) is -0.847. The molecule has 29 heavy (non-hydrogen) atoms. The number of carbonyl (C=O) groups excluding carboxylic acids is 2. The average Bonchev–Trinajstić information content (AvgIpc) is 2.71. The predicted octanol–water partition coefficient (Wildman–Crippen LogP) is 1.25. The van der Waals surface area contributed by atoms with E-state index in [0.717, 1.165) is 6.42 Å². The van der Waals surface area contributed by atoms with Crippen LogP contribution in [0.3, 0.4) is 0 Å². The summed E-state index contributed by atoms with van der Waals surface area (Å²) in [5, 5.41) is 5.33. The van der Waals surface area contributed by atoms with Gasteiger partial charge in [0.25, 0.3) is 0 Å². The van der Waals surface area contributed by atoms with Crippen molar-refractivity contribution in [2.75, 3.05) is 38.2 Å². The van der Waals surface area contributed by atoms with Crippen molar-refractivity contribution in [1.82, 2.24) is 9.62 Å². The number of nitrogens with one attached hydrogen (secondary N) is 2. The Morgan fingerprint density at radius 1 is 1.17 bits per heavy atom. The van der Waals surface area contributed by atoms with Gasteiger partial charge in [0.15, 0.2) is 5.11 Å². The number of rotatable bonds is 8. The number of esters is 1. The van der Waals surface area contributed by atoms with Crippen molar-refractivity contribution in [3.05, 3.63) is 24.3 Å². The SMILES string of the molecule is CCCOC(=O)CCC(=O)NC(=S)Nc1ccc(S(=O)(=O)N2CCOCC2)cc1. The molecule has 0 saturated carbocycles. The van der Waals surface area contributed by atoms with Gasteiger partial charge < -0.3 is 20.1 Å². The summed E-state index contributed by atoms with van der Waals surface area (Å²) in [6.45, 7) is 3.62. The highest BCUT2D eigenvalue weighted by Crippen LogP contribution is 2.19. The lowest BCUT2D eigenvalue weighted by Gasteiger charge is -2.26. The maximum Gasteiger partial charge on any atom is 0.306 e. The summed E-state index contributed by atoms with van der Waals surface area (Å²) in [5.41, 5.74) is 0.526. The molecule has 0 atom stereocenters. The molecule has 1 aromatic carbocycles. The number of hydrogen-bond donors (Lipinski definition) is 2. The normalized spacial score (nSPS) is 14.8. The van der Waals surface area contributed by atoms with E-state index in [-0.39, 0.29) is 22.8 Å². The Kier molecular flexibility index (Phi) is 8.96. The van der Waals surface area contributed by atoms with Crippen LogP contribution in [0, 0.1) is 0 Å². The maximum absolute atomic E-state index is 12.6. The minimum atomic E-state index is -3.57. The highest BCUT2D eigenvalue weighted by atomic mass is 32.2. The van der Waals surface area contributed by atoms with E-state index in [1.807, 2.05) is 6.92 Å². The van der Waals surface area contributed by atoms with Crippen molar-refractivity contribution >= 4 is 44.9 Å². The standard InChI is InChI=1S/C18H25N3O6S2/c1-2-11-27-17(23)8-7-16(22)20-18(28)19-14-3-5-15(6-4-14)29(24,25)21-9-12-26-13-10-21/h3-6H,2,7-13H2,1H3,(H2,19,20,22,28). The van der Waals surface area contributed by atoms with Crippen LogP contribution in [0.2, 0.25) is 0 Å². The Hall–Kier alpha value is -2.08. The molecule has 9 nitrogen and oxygen atoms in total. The zero-order chi connectivity index (χ0) is 21.3. The first-order valence-electron chi connectivity index (χ1n) is 9.27. The molecule has 11 heteroatoms. The first-order valence-corrected chi connectivity index (χ1v) is 11.1. The number of thiocarbonyl (C=S) groups is 1. The lowest BCUT2D eigenvalue weighted by atomic mass is 10.3. The zero-order valence-electron chi connectivity index (χ0n) is 16.2. The Morgan fingerprint density at radius 2 is 1.83 bits per heavy atom. The van der Waals surface area contributed by atoms with Crippen LogP contribution in [0.15, 0.2) is 29.2 Å². The second-order valence-corrected chi connectivity index (χ2v) is 8.61. The molecule has 1 aliphatic rings. The number of amides is 1. The second-order valence-electron chi connectivity index (χ2n) is 6.26. The van der Waals surface area contributed by atoms with Crippen molar-refractivity contribution in [2.45, 2.75) is 31.1 Å². The van der Waals surface area contributed by atoms with Gasteiger partial charge in [-0.1, -0.05) is 6.92 Å². The average molecular weight is 444 g/mol. The molecule has 0 unspecified atom stereocenters. The van der Waals surface area contributed by atoms with Crippen LogP contribution in [0.4, 0.5) is 5.69 Å². The molecule has 1 saturated heterocycles. The van der Waals surface area contributed by atoms with Crippen molar-refractivity contribution in [2.24, 2.45) is 0 Å². The molecule has 0 aliphatic carbocycles. The van der Waals surface area contributed by atoms with Crippen LogP contribution in [0.25, 0.3) is 0 Å². The third kappa shape index (κ3) is 7.35. The molecule has 1 aromatic rings. The summed E-state index contributed by atoms with van der Waals surface area (Å²) in [7, 11) is -3.57. The van der Waals surface area contributed by atoms with E-state index in [4.69, 9.17) is 21.7 Å². The van der Waals surface area contributed by atoms with E-state index < -0.39 is 21.9 Å². The number of morpholine rings is 1. The van der Waals surface area contributed by atoms with Crippen LogP contribution in [-0.2, 0) is 29.1 Å². The maximum atomic E-state index is 12.6. The number of benzene rings is 1. The number of hydrogen-bond acceptors (Lipinski definition) is 7. The van der Waals surface area contributed by atoms with Gasteiger partial charge in [0, 0.05) is 25.2 Å². The van der Waals surface area contributed by atoms with Crippen molar-refractivity contribution < 1.29 is 27.5 Å². The Morgan fingerprint density at radius 3 is 2.45 bits per heavy atom. The van der Waals surface area contributed by atoms with Gasteiger partial charge in [0.2, 0.25) is 15.9 Å². The topological polar surface area (TPSA) is 114 Å². The van der Waals surface area contributed by atoms with E-state index in [1.165, 1.54) is 16.4 Å². The van der Waals surface area contributed by atoms with Gasteiger partial charge in [-0.15, -0.1) is 0 Å². The van der Waals surface area contributed by atoms with E-state index in [9.17, 15) is 18.0 Å². The molecule has 1 amide bonds. The first-order chi connectivity index (χ1) is 13.8. The van der Waals surface area contributed by atoms with Gasteiger partial charge in [-0.3, -0.25) is 9.59 Å². The van der Waals surface area contributed by atoms with Gasteiger partial charge >= 0.3 is 5.97 Å². The first kappa shape index (κ1) is 23.2. The summed E-state index contributed by atoms with van der Waals surface area (Å²) in [6.07, 6.45) is 0.655. The van der Waals surface area contributed by atoms with Gasteiger partial charge in [0.1, 0.15) is 0 Å². The zero-order valence-corrected chi connectivity index (χ0v) is 17.8.